The Morgan fingerprint density at radius 3 is 2.73 bits per heavy atom. The number of aromatic nitrogens is 1. The second-order valence-corrected chi connectivity index (χ2v) is 4.70. The third-order valence-electron chi connectivity index (χ3n) is 3.02. The quantitative estimate of drug-likeness (QED) is 0.799. The van der Waals surface area contributed by atoms with Gasteiger partial charge in [-0.1, -0.05) is 18.2 Å². The number of hydrogen-bond acceptors (Lipinski definition) is 3. The third-order valence-corrected chi connectivity index (χ3v) is 3.02. The molecular formula is C18H20N2O2. The molecule has 0 radical (unpaired) electrons. The van der Waals surface area contributed by atoms with E-state index in [1.807, 2.05) is 49.4 Å². The highest BCUT2D eigenvalue weighted by Gasteiger charge is 1.97. The molecule has 0 fully saturated rings. The summed E-state index contributed by atoms with van der Waals surface area (Å²) in [5.41, 5.74) is 1.93. The van der Waals surface area contributed by atoms with Crippen molar-refractivity contribution in [3.05, 3.63) is 66.0 Å². The van der Waals surface area contributed by atoms with Crippen LogP contribution in [0.1, 0.15) is 18.2 Å². The maximum atomic E-state index is 11.7. The molecule has 0 saturated carbocycles. The fourth-order valence-corrected chi connectivity index (χ4v) is 1.93. The van der Waals surface area contributed by atoms with E-state index >= 15 is 0 Å². The van der Waals surface area contributed by atoms with E-state index in [0.717, 1.165) is 23.4 Å². The van der Waals surface area contributed by atoms with Crippen LogP contribution in [0.15, 0.2) is 54.7 Å². The van der Waals surface area contributed by atoms with Crippen LogP contribution in [0, 0.1) is 0 Å². The van der Waals surface area contributed by atoms with Crippen LogP contribution in [0.5, 0.6) is 5.75 Å². The molecule has 1 aromatic heterocycles. The Morgan fingerprint density at radius 1 is 1.23 bits per heavy atom. The van der Waals surface area contributed by atoms with Gasteiger partial charge in [0, 0.05) is 30.9 Å². The highest BCUT2D eigenvalue weighted by molar-refractivity contribution is 5.91. The molecule has 0 aliphatic heterocycles. The van der Waals surface area contributed by atoms with Crippen LogP contribution >= 0.6 is 0 Å². The second kappa shape index (κ2) is 8.62. The summed E-state index contributed by atoms with van der Waals surface area (Å²) in [6.45, 7) is 3.17. The van der Waals surface area contributed by atoms with Crippen LogP contribution in [0.3, 0.4) is 0 Å². The minimum atomic E-state index is -0.107. The Morgan fingerprint density at radius 2 is 2.05 bits per heavy atom. The molecule has 4 heteroatoms. The van der Waals surface area contributed by atoms with Crippen LogP contribution in [0.2, 0.25) is 0 Å². The molecule has 0 saturated heterocycles. The van der Waals surface area contributed by atoms with E-state index < -0.39 is 0 Å². The van der Waals surface area contributed by atoms with Gasteiger partial charge in [0.15, 0.2) is 0 Å². The summed E-state index contributed by atoms with van der Waals surface area (Å²) in [5, 5.41) is 2.84. The number of benzene rings is 1. The molecule has 22 heavy (non-hydrogen) atoms. The lowest BCUT2D eigenvalue weighted by molar-refractivity contribution is -0.116. The van der Waals surface area contributed by atoms with Gasteiger partial charge in [0.1, 0.15) is 5.75 Å². The van der Waals surface area contributed by atoms with Gasteiger partial charge in [-0.05, 0) is 42.8 Å². The summed E-state index contributed by atoms with van der Waals surface area (Å²) in [4.78, 5) is 15.9. The van der Waals surface area contributed by atoms with Crippen molar-refractivity contribution in [2.24, 2.45) is 0 Å². The molecule has 0 unspecified atom stereocenters. The molecule has 1 heterocycles. The molecule has 2 rings (SSSR count). The summed E-state index contributed by atoms with van der Waals surface area (Å²) in [5.74, 6) is 0.726. The van der Waals surface area contributed by atoms with Crippen molar-refractivity contribution < 1.29 is 9.53 Å². The van der Waals surface area contributed by atoms with E-state index in [4.69, 9.17) is 4.74 Å². The molecule has 114 valence electrons. The molecule has 0 atom stereocenters. The number of hydrogen-bond donors (Lipinski definition) is 1. The molecule has 1 amide bonds. The molecule has 1 N–H and O–H groups in total. The summed E-state index contributed by atoms with van der Waals surface area (Å²) in [7, 11) is 0. The van der Waals surface area contributed by atoms with Gasteiger partial charge in [0.05, 0.1) is 6.61 Å². The number of amides is 1. The average molecular weight is 296 g/mol. The Hall–Kier alpha value is -2.62. The molecular weight excluding hydrogens is 276 g/mol. The van der Waals surface area contributed by atoms with Crippen molar-refractivity contribution in [2.75, 3.05) is 13.2 Å². The topological polar surface area (TPSA) is 51.2 Å². The monoisotopic (exact) mass is 296 g/mol. The van der Waals surface area contributed by atoms with Crippen molar-refractivity contribution in [3.8, 4) is 5.75 Å². The van der Waals surface area contributed by atoms with Crippen LogP contribution in [0.4, 0.5) is 0 Å². The number of carbonyl (C=O) groups is 1. The lowest BCUT2D eigenvalue weighted by Gasteiger charge is -2.03. The van der Waals surface area contributed by atoms with Crippen LogP contribution in [-0.2, 0) is 11.2 Å². The number of carbonyl (C=O) groups excluding carboxylic acids is 1. The van der Waals surface area contributed by atoms with E-state index in [2.05, 4.69) is 10.3 Å². The summed E-state index contributed by atoms with van der Waals surface area (Å²) in [6.07, 6.45) is 5.80. The Bertz CT molecular complexity index is 607. The van der Waals surface area contributed by atoms with Crippen LogP contribution in [0.25, 0.3) is 6.08 Å². The molecule has 0 bridgehead atoms. The maximum absolute atomic E-state index is 11.7. The van der Waals surface area contributed by atoms with E-state index in [9.17, 15) is 4.79 Å². The van der Waals surface area contributed by atoms with E-state index in [-0.39, 0.29) is 5.91 Å². The summed E-state index contributed by atoms with van der Waals surface area (Å²) >= 11 is 0. The van der Waals surface area contributed by atoms with Gasteiger partial charge < -0.3 is 10.1 Å². The number of pyridine rings is 1. The predicted molar refractivity (Wildman–Crippen MR) is 87.6 cm³/mol. The standard InChI is InChI=1S/C18H20N2O2/c1-2-22-17-9-6-15(7-10-17)8-11-18(21)20-14-12-16-5-3-4-13-19-16/h3-11,13H,2,12,14H2,1H3,(H,20,21)/b11-8+. The Balaban J connectivity index is 1.76. The minimum absolute atomic E-state index is 0.107. The highest BCUT2D eigenvalue weighted by Crippen LogP contribution is 2.12. The molecule has 1 aromatic carbocycles. The fraction of sp³-hybridized carbons (Fsp3) is 0.222. The van der Waals surface area contributed by atoms with Gasteiger partial charge in [0.25, 0.3) is 0 Å². The molecule has 2 aromatic rings. The SMILES string of the molecule is CCOc1ccc(/C=C/C(=O)NCCc2ccccn2)cc1. The van der Waals surface area contributed by atoms with Crippen molar-refractivity contribution in [1.82, 2.24) is 10.3 Å². The largest absolute Gasteiger partial charge is 0.494 e. The molecule has 0 aliphatic carbocycles. The number of nitrogens with zero attached hydrogens (tertiary/aromatic N) is 1. The zero-order valence-corrected chi connectivity index (χ0v) is 12.7. The number of nitrogens with one attached hydrogen (secondary N) is 1. The first-order valence-electron chi connectivity index (χ1n) is 7.36. The van der Waals surface area contributed by atoms with Crippen LogP contribution < -0.4 is 10.1 Å². The number of ether oxygens (including phenoxy) is 1. The zero-order valence-electron chi connectivity index (χ0n) is 12.7. The lowest BCUT2D eigenvalue weighted by Crippen LogP contribution is -2.23. The molecule has 0 aliphatic rings. The van der Waals surface area contributed by atoms with Gasteiger partial charge in [-0.15, -0.1) is 0 Å². The first kappa shape index (κ1) is 15.8. The summed E-state index contributed by atoms with van der Waals surface area (Å²) in [6, 6.07) is 13.4. The number of rotatable bonds is 7. The van der Waals surface area contributed by atoms with Crippen molar-refractivity contribution in [3.63, 3.8) is 0 Å². The zero-order chi connectivity index (χ0) is 15.6. The lowest BCUT2D eigenvalue weighted by atomic mass is 10.2. The fourth-order valence-electron chi connectivity index (χ4n) is 1.93. The Labute approximate surface area is 130 Å². The van der Waals surface area contributed by atoms with Gasteiger partial charge in [0.2, 0.25) is 5.91 Å². The Kier molecular flexibility index (Phi) is 6.18. The molecule has 0 spiro atoms. The van der Waals surface area contributed by atoms with Gasteiger partial charge in [-0.25, -0.2) is 0 Å². The molecule has 4 nitrogen and oxygen atoms in total. The maximum Gasteiger partial charge on any atom is 0.244 e. The van der Waals surface area contributed by atoms with Gasteiger partial charge >= 0.3 is 0 Å². The van der Waals surface area contributed by atoms with Crippen molar-refractivity contribution in [2.45, 2.75) is 13.3 Å². The van der Waals surface area contributed by atoms with E-state index in [1.54, 1.807) is 12.3 Å². The van der Waals surface area contributed by atoms with Crippen molar-refractivity contribution in [1.29, 1.82) is 0 Å². The van der Waals surface area contributed by atoms with Crippen molar-refractivity contribution >= 4 is 12.0 Å². The summed E-state index contributed by atoms with van der Waals surface area (Å²) < 4.78 is 5.37. The van der Waals surface area contributed by atoms with E-state index in [1.165, 1.54) is 6.08 Å². The van der Waals surface area contributed by atoms with E-state index in [0.29, 0.717) is 13.2 Å². The average Bonchev–Trinajstić information content (AvgIpc) is 2.55. The van der Waals surface area contributed by atoms with Gasteiger partial charge in [-0.3, -0.25) is 9.78 Å². The smallest absolute Gasteiger partial charge is 0.244 e. The minimum Gasteiger partial charge on any atom is -0.494 e. The first-order valence-corrected chi connectivity index (χ1v) is 7.36. The highest BCUT2D eigenvalue weighted by atomic mass is 16.5. The normalized spacial score (nSPS) is 10.6. The van der Waals surface area contributed by atoms with Crippen LogP contribution in [-0.4, -0.2) is 24.0 Å². The third kappa shape index (κ3) is 5.40. The predicted octanol–water partition coefficient (Wildman–Crippen LogP) is 2.85. The second-order valence-electron chi connectivity index (χ2n) is 4.70. The first-order chi connectivity index (χ1) is 10.8. The van der Waals surface area contributed by atoms with Gasteiger partial charge in [-0.2, -0.15) is 0 Å².